The van der Waals surface area contributed by atoms with Crippen LogP contribution in [-0.4, -0.2) is 12.5 Å². The molecule has 0 heterocycles. The van der Waals surface area contributed by atoms with Crippen molar-refractivity contribution in [1.82, 2.24) is 5.32 Å². The number of carbonyl (C=O) groups excluding carboxylic acids is 1. The summed E-state index contributed by atoms with van der Waals surface area (Å²) in [5.41, 5.74) is 6.99. The van der Waals surface area contributed by atoms with Crippen molar-refractivity contribution in [3.63, 3.8) is 0 Å². The Morgan fingerprint density at radius 1 is 1.32 bits per heavy atom. The Balaban J connectivity index is 1.46. The minimum atomic E-state index is -0.00421. The summed E-state index contributed by atoms with van der Waals surface area (Å²) in [4.78, 5) is 12.0. The molecule has 0 aromatic heterocycles. The zero-order valence-corrected chi connectivity index (χ0v) is 11.3. The molecule has 3 rings (SSSR count). The predicted octanol–water partition coefficient (Wildman–Crippen LogP) is 2.82. The molecular weight excluding hydrogens is 236 g/mol. The van der Waals surface area contributed by atoms with Crippen LogP contribution in [0, 0.1) is 17.8 Å². The van der Waals surface area contributed by atoms with Gasteiger partial charge in [-0.15, -0.1) is 0 Å². The summed E-state index contributed by atoms with van der Waals surface area (Å²) in [7, 11) is 0. The Labute approximate surface area is 114 Å². The molecule has 3 unspecified atom stereocenters. The van der Waals surface area contributed by atoms with Gasteiger partial charge in [0.15, 0.2) is 0 Å². The molecule has 2 aliphatic carbocycles. The molecule has 3 N–H and O–H groups in total. The number of rotatable bonds is 4. The highest BCUT2D eigenvalue weighted by Gasteiger charge is 2.38. The molecular formula is C16H22N2O. The second kappa shape index (κ2) is 5.24. The largest absolute Gasteiger partial charge is 0.399 e. The van der Waals surface area contributed by atoms with Crippen LogP contribution in [-0.2, 0) is 0 Å². The highest BCUT2D eigenvalue weighted by molar-refractivity contribution is 5.94. The van der Waals surface area contributed by atoms with Crippen LogP contribution in [0.3, 0.4) is 0 Å². The molecule has 3 heteroatoms. The molecule has 3 nitrogen and oxygen atoms in total. The number of nitrogens with two attached hydrogens (primary N) is 1. The van der Waals surface area contributed by atoms with Gasteiger partial charge in [0.05, 0.1) is 0 Å². The summed E-state index contributed by atoms with van der Waals surface area (Å²) in [6.45, 7) is 0.793. The van der Waals surface area contributed by atoms with Gasteiger partial charge in [-0.3, -0.25) is 4.79 Å². The number of hydrogen-bond acceptors (Lipinski definition) is 2. The van der Waals surface area contributed by atoms with Gasteiger partial charge >= 0.3 is 0 Å². The van der Waals surface area contributed by atoms with E-state index in [9.17, 15) is 4.79 Å². The van der Waals surface area contributed by atoms with E-state index in [4.69, 9.17) is 5.73 Å². The lowest BCUT2D eigenvalue weighted by atomic mass is 9.86. The summed E-state index contributed by atoms with van der Waals surface area (Å²) in [6, 6.07) is 7.16. The van der Waals surface area contributed by atoms with E-state index >= 15 is 0 Å². The van der Waals surface area contributed by atoms with Crippen molar-refractivity contribution in [3.05, 3.63) is 29.8 Å². The number of benzene rings is 1. The summed E-state index contributed by atoms with van der Waals surface area (Å²) < 4.78 is 0. The van der Waals surface area contributed by atoms with Crippen LogP contribution >= 0.6 is 0 Å². The zero-order chi connectivity index (χ0) is 13.2. The third-order valence-corrected chi connectivity index (χ3v) is 4.83. The second-order valence-corrected chi connectivity index (χ2v) is 6.10. The quantitative estimate of drug-likeness (QED) is 0.816. The van der Waals surface area contributed by atoms with Crippen molar-refractivity contribution in [3.8, 4) is 0 Å². The Bertz CT molecular complexity index is 472. The lowest BCUT2D eigenvalue weighted by molar-refractivity contribution is 0.0950. The van der Waals surface area contributed by atoms with Crippen molar-refractivity contribution in [2.75, 3.05) is 12.3 Å². The molecule has 2 bridgehead atoms. The number of hydrogen-bond donors (Lipinski definition) is 2. The van der Waals surface area contributed by atoms with E-state index in [-0.39, 0.29) is 5.91 Å². The lowest BCUT2D eigenvalue weighted by Gasteiger charge is -2.21. The molecule has 2 fully saturated rings. The fourth-order valence-corrected chi connectivity index (χ4v) is 3.88. The van der Waals surface area contributed by atoms with Crippen LogP contribution in [0.1, 0.15) is 42.5 Å². The molecule has 19 heavy (non-hydrogen) atoms. The topological polar surface area (TPSA) is 55.1 Å². The Hall–Kier alpha value is -1.51. The predicted molar refractivity (Wildman–Crippen MR) is 76.7 cm³/mol. The number of anilines is 1. The Morgan fingerprint density at radius 3 is 2.89 bits per heavy atom. The van der Waals surface area contributed by atoms with E-state index in [1.54, 1.807) is 12.1 Å². The van der Waals surface area contributed by atoms with Crippen molar-refractivity contribution >= 4 is 11.6 Å². The molecule has 1 aromatic carbocycles. The van der Waals surface area contributed by atoms with Crippen LogP contribution in [0.5, 0.6) is 0 Å². The van der Waals surface area contributed by atoms with E-state index in [1.807, 2.05) is 12.1 Å². The van der Waals surface area contributed by atoms with Gasteiger partial charge in [-0.25, -0.2) is 0 Å². The van der Waals surface area contributed by atoms with Gasteiger partial charge < -0.3 is 11.1 Å². The van der Waals surface area contributed by atoms with E-state index in [0.717, 1.165) is 30.7 Å². The molecule has 0 radical (unpaired) electrons. The minimum absolute atomic E-state index is 0.00421. The number of fused-ring (bicyclic) bond motifs is 2. The average Bonchev–Trinajstić information content (AvgIpc) is 3.01. The van der Waals surface area contributed by atoms with Gasteiger partial charge in [0.2, 0.25) is 0 Å². The van der Waals surface area contributed by atoms with Crippen molar-refractivity contribution < 1.29 is 4.79 Å². The number of carbonyl (C=O) groups is 1. The van der Waals surface area contributed by atoms with Gasteiger partial charge in [0.25, 0.3) is 5.91 Å². The molecule has 2 saturated carbocycles. The van der Waals surface area contributed by atoms with Gasteiger partial charge in [-0.1, -0.05) is 12.5 Å². The summed E-state index contributed by atoms with van der Waals surface area (Å²) in [5, 5.41) is 3.02. The molecule has 1 amide bonds. The van der Waals surface area contributed by atoms with E-state index in [2.05, 4.69) is 5.32 Å². The third-order valence-electron chi connectivity index (χ3n) is 4.83. The van der Waals surface area contributed by atoms with Crippen molar-refractivity contribution in [2.24, 2.45) is 17.8 Å². The molecule has 0 spiro atoms. The third kappa shape index (κ3) is 2.75. The molecule has 102 valence electrons. The van der Waals surface area contributed by atoms with Gasteiger partial charge in [-0.05, 0) is 61.6 Å². The van der Waals surface area contributed by atoms with Crippen LogP contribution in [0.4, 0.5) is 5.69 Å². The normalized spacial score (nSPS) is 28.5. The smallest absolute Gasteiger partial charge is 0.251 e. The standard InChI is InChI=1S/C16H22N2O/c17-15-3-1-2-14(10-15)16(19)18-7-6-13-9-11-4-5-12(13)8-11/h1-3,10-13H,4-9,17H2,(H,18,19). The van der Waals surface area contributed by atoms with Crippen LogP contribution < -0.4 is 11.1 Å². The summed E-state index contributed by atoms with van der Waals surface area (Å²) >= 11 is 0. The minimum Gasteiger partial charge on any atom is -0.399 e. The van der Waals surface area contributed by atoms with E-state index in [1.165, 1.54) is 25.7 Å². The first-order valence-corrected chi connectivity index (χ1v) is 7.36. The highest BCUT2D eigenvalue weighted by Crippen LogP contribution is 2.49. The van der Waals surface area contributed by atoms with Gasteiger partial charge in [0.1, 0.15) is 0 Å². The maximum absolute atomic E-state index is 12.0. The van der Waals surface area contributed by atoms with Gasteiger partial charge in [0, 0.05) is 17.8 Å². The maximum Gasteiger partial charge on any atom is 0.251 e. The average molecular weight is 258 g/mol. The monoisotopic (exact) mass is 258 g/mol. The zero-order valence-electron chi connectivity index (χ0n) is 11.3. The number of nitrogens with one attached hydrogen (secondary N) is 1. The fourth-order valence-electron chi connectivity index (χ4n) is 3.88. The highest BCUT2D eigenvalue weighted by atomic mass is 16.1. The Kier molecular flexibility index (Phi) is 3.45. The first kappa shape index (κ1) is 12.5. The molecule has 2 aliphatic rings. The van der Waals surface area contributed by atoms with Crippen molar-refractivity contribution in [1.29, 1.82) is 0 Å². The number of amides is 1. The van der Waals surface area contributed by atoms with Crippen molar-refractivity contribution in [2.45, 2.75) is 32.1 Å². The van der Waals surface area contributed by atoms with Gasteiger partial charge in [-0.2, -0.15) is 0 Å². The maximum atomic E-state index is 12.0. The van der Waals surface area contributed by atoms with E-state index < -0.39 is 0 Å². The molecule has 0 saturated heterocycles. The fraction of sp³-hybridized carbons (Fsp3) is 0.562. The van der Waals surface area contributed by atoms with Crippen LogP contribution in [0.2, 0.25) is 0 Å². The second-order valence-electron chi connectivity index (χ2n) is 6.10. The molecule has 1 aromatic rings. The first-order valence-electron chi connectivity index (χ1n) is 7.36. The SMILES string of the molecule is Nc1cccc(C(=O)NCCC2CC3CCC2C3)c1. The lowest BCUT2D eigenvalue weighted by Crippen LogP contribution is -2.27. The summed E-state index contributed by atoms with van der Waals surface area (Å²) in [6.07, 6.45) is 6.82. The first-order chi connectivity index (χ1) is 9.22. The van der Waals surface area contributed by atoms with E-state index in [0.29, 0.717) is 11.3 Å². The number of nitrogen functional groups attached to an aromatic ring is 1. The molecule has 0 aliphatic heterocycles. The van der Waals surface area contributed by atoms with Crippen LogP contribution in [0.25, 0.3) is 0 Å². The summed E-state index contributed by atoms with van der Waals surface area (Å²) in [5.74, 6) is 2.77. The Morgan fingerprint density at radius 2 is 2.21 bits per heavy atom. The molecule has 3 atom stereocenters. The van der Waals surface area contributed by atoms with Crippen LogP contribution in [0.15, 0.2) is 24.3 Å².